The normalized spacial score (nSPS) is 14.3. The summed E-state index contributed by atoms with van der Waals surface area (Å²) in [7, 11) is 1.46. The van der Waals surface area contributed by atoms with Crippen LogP contribution in [0, 0.1) is 0 Å². The average Bonchev–Trinajstić information content (AvgIpc) is 2.77. The van der Waals surface area contributed by atoms with Crippen LogP contribution in [-0.4, -0.2) is 52.9 Å². The van der Waals surface area contributed by atoms with Gasteiger partial charge in [0.15, 0.2) is 0 Å². The van der Waals surface area contributed by atoms with Crippen LogP contribution in [-0.2, 0) is 11.2 Å². The Bertz CT molecular complexity index is 528. The number of nitrogens with zero attached hydrogens (tertiary/aromatic N) is 3. The monoisotopic (exact) mass is 275 g/mol. The predicted octanol–water partition coefficient (Wildman–Crippen LogP) is 1.43. The maximum absolute atomic E-state index is 11.8. The highest BCUT2D eigenvalue weighted by Gasteiger charge is 2.24. The van der Waals surface area contributed by atoms with E-state index < -0.39 is 6.09 Å². The highest BCUT2D eigenvalue weighted by molar-refractivity contribution is 6.06. The molecule has 1 aliphatic rings. The lowest BCUT2D eigenvalue weighted by Crippen LogP contribution is -2.30. The minimum absolute atomic E-state index is 0.0743. The van der Waals surface area contributed by atoms with E-state index in [0.717, 1.165) is 16.9 Å². The third-order valence-electron chi connectivity index (χ3n) is 3.11. The summed E-state index contributed by atoms with van der Waals surface area (Å²) in [5, 5.41) is 14.4. The summed E-state index contributed by atoms with van der Waals surface area (Å²) in [6.07, 6.45) is -0.0900. The van der Waals surface area contributed by atoms with Gasteiger partial charge in [-0.05, 0) is 12.0 Å². The molecule has 0 fully saturated rings. The first-order chi connectivity index (χ1) is 9.56. The molecule has 1 N–H and O–H groups in total. The van der Waals surface area contributed by atoms with E-state index in [1.807, 2.05) is 30.3 Å². The van der Waals surface area contributed by atoms with Gasteiger partial charge in [-0.25, -0.2) is 9.80 Å². The molecular formula is C14H17N3O3. The molecule has 1 aromatic rings. The molecule has 6 heteroatoms. The van der Waals surface area contributed by atoms with Gasteiger partial charge in [0.1, 0.15) is 0 Å². The number of hydrazone groups is 1. The van der Waals surface area contributed by atoms with Gasteiger partial charge < -0.3 is 10.0 Å². The fourth-order valence-electron chi connectivity index (χ4n) is 2.01. The van der Waals surface area contributed by atoms with Crippen LogP contribution in [0.5, 0.6) is 0 Å². The molecule has 0 aromatic heterocycles. The lowest BCUT2D eigenvalue weighted by molar-refractivity contribution is -0.128. The zero-order valence-electron chi connectivity index (χ0n) is 11.3. The third kappa shape index (κ3) is 3.57. The number of hydrogen-bond acceptors (Lipinski definition) is 3. The summed E-state index contributed by atoms with van der Waals surface area (Å²) >= 11 is 0. The van der Waals surface area contributed by atoms with Crippen LogP contribution in [0.25, 0.3) is 0 Å². The van der Waals surface area contributed by atoms with Gasteiger partial charge in [-0.15, -0.1) is 0 Å². The smallest absolute Gasteiger partial charge is 0.407 e. The second-order valence-corrected chi connectivity index (χ2v) is 4.73. The van der Waals surface area contributed by atoms with Crippen LogP contribution >= 0.6 is 0 Å². The number of carbonyl (C=O) groups is 2. The van der Waals surface area contributed by atoms with Crippen molar-refractivity contribution >= 4 is 17.7 Å². The van der Waals surface area contributed by atoms with Crippen LogP contribution in [0.2, 0.25) is 0 Å². The summed E-state index contributed by atoms with van der Waals surface area (Å²) in [5.74, 6) is -0.0743. The maximum Gasteiger partial charge on any atom is 0.407 e. The molecule has 0 bridgehead atoms. The Morgan fingerprint density at radius 2 is 2.10 bits per heavy atom. The first kappa shape index (κ1) is 14.0. The average molecular weight is 275 g/mol. The molecule has 0 saturated heterocycles. The van der Waals surface area contributed by atoms with Gasteiger partial charge in [0.2, 0.25) is 5.91 Å². The molecule has 6 nitrogen and oxygen atoms in total. The van der Waals surface area contributed by atoms with Crippen LogP contribution in [0.3, 0.4) is 0 Å². The highest BCUT2D eigenvalue weighted by atomic mass is 16.4. The van der Waals surface area contributed by atoms with Gasteiger partial charge in [0, 0.05) is 13.6 Å². The zero-order valence-corrected chi connectivity index (χ0v) is 11.3. The fourth-order valence-corrected chi connectivity index (χ4v) is 2.01. The molecule has 20 heavy (non-hydrogen) atoms. The Kier molecular flexibility index (Phi) is 4.34. The molecular weight excluding hydrogens is 258 g/mol. The van der Waals surface area contributed by atoms with E-state index in [-0.39, 0.29) is 18.9 Å². The number of carbonyl (C=O) groups excluding carboxylic acids is 1. The van der Waals surface area contributed by atoms with Crippen LogP contribution < -0.4 is 0 Å². The second-order valence-electron chi connectivity index (χ2n) is 4.73. The Morgan fingerprint density at radius 3 is 2.75 bits per heavy atom. The van der Waals surface area contributed by atoms with Gasteiger partial charge >= 0.3 is 6.09 Å². The van der Waals surface area contributed by atoms with E-state index in [1.165, 1.54) is 12.1 Å². The fraction of sp³-hybridized carbons (Fsp3) is 0.357. The van der Waals surface area contributed by atoms with Crippen molar-refractivity contribution in [3.8, 4) is 0 Å². The summed E-state index contributed by atoms with van der Waals surface area (Å²) < 4.78 is 0. The first-order valence-electron chi connectivity index (χ1n) is 6.41. The summed E-state index contributed by atoms with van der Waals surface area (Å²) in [4.78, 5) is 23.7. The number of hydrogen-bond donors (Lipinski definition) is 1. The molecule has 1 aromatic carbocycles. The molecule has 0 saturated carbocycles. The molecule has 106 valence electrons. The number of rotatable bonds is 5. The Hall–Kier alpha value is -2.37. The van der Waals surface area contributed by atoms with Crippen molar-refractivity contribution in [2.75, 3.05) is 20.1 Å². The number of amides is 2. The third-order valence-corrected chi connectivity index (χ3v) is 3.11. The SMILES string of the molecule is CN(CC1=NN(CCc2ccccc2)C(=O)C1)C(=O)O. The topological polar surface area (TPSA) is 73.2 Å². The molecule has 0 spiro atoms. The van der Waals surface area contributed by atoms with Gasteiger partial charge in [-0.1, -0.05) is 30.3 Å². The minimum atomic E-state index is -1.03. The molecule has 0 aliphatic carbocycles. The van der Waals surface area contributed by atoms with Gasteiger partial charge in [-0.3, -0.25) is 4.79 Å². The van der Waals surface area contributed by atoms with E-state index >= 15 is 0 Å². The molecule has 2 amide bonds. The van der Waals surface area contributed by atoms with Gasteiger partial charge in [0.25, 0.3) is 0 Å². The summed E-state index contributed by atoms with van der Waals surface area (Å²) in [6, 6.07) is 9.87. The Morgan fingerprint density at radius 1 is 1.40 bits per heavy atom. The standard InChI is InChI=1S/C14H17N3O3/c1-16(14(19)20)10-12-9-13(18)17(15-12)8-7-11-5-3-2-4-6-11/h2-6H,7-10H2,1H3,(H,19,20). The van der Waals surface area contributed by atoms with Crippen LogP contribution in [0.4, 0.5) is 4.79 Å². The van der Waals surface area contributed by atoms with E-state index in [0.29, 0.717) is 12.3 Å². The van der Waals surface area contributed by atoms with Crippen molar-refractivity contribution in [3.05, 3.63) is 35.9 Å². The minimum Gasteiger partial charge on any atom is -0.465 e. The van der Waals surface area contributed by atoms with Crippen LogP contribution in [0.1, 0.15) is 12.0 Å². The molecule has 0 radical (unpaired) electrons. The van der Waals surface area contributed by atoms with Crippen LogP contribution in [0.15, 0.2) is 35.4 Å². The first-order valence-corrected chi connectivity index (χ1v) is 6.41. The van der Waals surface area contributed by atoms with Crippen molar-refractivity contribution in [2.45, 2.75) is 12.8 Å². The molecule has 2 rings (SSSR count). The maximum atomic E-state index is 11.8. The quantitative estimate of drug-likeness (QED) is 0.883. The van der Waals surface area contributed by atoms with Crippen molar-refractivity contribution in [1.29, 1.82) is 0 Å². The zero-order chi connectivity index (χ0) is 14.5. The van der Waals surface area contributed by atoms with E-state index in [4.69, 9.17) is 5.11 Å². The number of benzene rings is 1. The summed E-state index contributed by atoms with van der Waals surface area (Å²) in [6.45, 7) is 0.687. The molecule has 1 heterocycles. The van der Waals surface area contributed by atoms with Crippen molar-refractivity contribution in [2.24, 2.45) is 5.10 Å². The highest BCUT2D eigenvalue weighted by Crippen LogP contribution is 2.11. The lowest BCUT2D eigenvalue weighted by Gasteiger charge is -2.12. The van der Waals surface area contributed by atoms with Gasteiger partial charge in [0.05, 0.1) is 18.7 Å². The van der Waals surface area contributed by atoms with Crippen molar-refractivity contribution in [1.82, 2.24) is 9.91 Å². The largest absolute Gasteiger partial charge is 0.465 e. The molecule has 1 aliphatic heterocycles. The number of carboxylic acid groups (broad SMARTS) is 1. The van der Waals surface area contributed by atoms with E-state index in [2.05, 4.69) is 5.10 Å². The lowest BCUT2D eigenvalue weighted by atomic mass is 10.1. The predicted molar refractivity (Wildman–Crippen MR) is 74.6 cm³/mol. The molecule has 0 atom stereocenters. The summed E-state index contributed by atoms with van der Waals surface area (Å²) in [5.41, 5.74) is 1.74. The van der Waals surface area contributed by atoms with Crippen molar-refractivity contribution in [3.63, 3.8) is 0 Å². The van der Waals surface area contributed by atoms with E-state index in [1.54, 1.807) is 0 Å². The second kappa shape index (κ2) is 6.18. The van der Waals surface area contributed by atoms with Gasteiger partial charge in [-0.2, -0.15) is 5.10 Å². The van der Waals surface area contributed by atoms with E-state index in [9.17, 15) is 9.59 Å². The molecule has 0 unspecified atom stereocenters. The Labute approximate surface area is 117 Å². The Balaban J connectivity index is 1.90. The van der Waals surface area contributed by atoms with Crippen molar-refractivity contribution < 1.29 is 14.7 Å².